The molecule has 0 aromatic carbocycles. The van der Waals surface area contributed by atoms with E-state index in [1.54, 1.807) is 20.8 Å². The third-order valence-corrected chi connectivity index (χ3v) is 3.64. The van der Waals surface area contributed by atoms with Gasteiger partial charge >= 0.3 is 5.97 Å². The van der Waals surface area contributed by atoms with E-state index in [-0.39, 0.29) is 12.8 Å². The predicted molar refractivity (Wildman–Crippen MR) is 68.8 cm³/mol. The van der Waals surface area contributed by atoms with Crippen LogP contribution in [0.5, 0.6) is 0 Å². The van der Waals surface area contributed by atoms with Crippen molar-refractivity contribution in [3.63, 3.8) is 0 Å². The molecule has 0 aliphatic heterocycles. The summed E-state index contributed by atoms with van der Waals surface area (Å²) >= 11 is 0. The number of hydrogen-bond acceptors (Lipinski definition) is 6. The maximum Gasteiger partial charge on any atom is 0.348 e. The molecule has 112 valence electrons. The number of hydrogen-bond donors (Lipinski definition) is 1. The van der Waals surface area contributed by atoms with Gasteiger partial charge in [0, 0.05) is 6.42 Å². The van der Waals surface area contributed by atoms with Gasteiger partial charge in [0.05, 0.1) is 0 Å². The zero-order valence-electron chi connectivity index (χ0n) is 12.4. The monoisotopic (exact) mass is 284 g/mol. The quantitative estimate of drug-likeness (QED) is 0.601. The topological polar surface area (TPSA) is 97.7 Å². The third-order valence-electron chi connectivity index (χ3n) is 3.64. The van der Waals surface area contributed by atoms with E-state index in [1.165, 1.54) is 0 Å². The first-order valence-electron chi connectivity index (χ1n) is 6.41. The molecular formula is C14H20O6. The Bertz CT molecular complexity index is 470. The molecular weight excluding hydrogens is 264 g/mol. The molecule has 1 atom stereocenters. The molecule has 0 spiro atoms. The van der Waals surface area contributed by atoms with Gasteiger partial charge in [0.25, 0.3) is 0 Å². The zero-order chi connectivity index (χ0) is 15.9. The second-order valence-corrected chi connectivity index (χ2v) is 6.15. The van der Waals surface area contributed by atoms with Crippen LogP contribution in [0.2, 0.25) is 0 Å². The summed E-state index contributed by atoms with van der Waals surface area (Å²) in [5, 5.41) is 10.6. The molecule has 0 radical (unpaired) electrons. The molecule has 6 nitrogen and oxygen atoms in total. The van der Waals surface area contributed by atoms with E-state index in [9.17, 15) is 24.3 Å². The number of ether oxygens (including phenoxy) is 1. The van der Waals surface area contributed by atoms with Crippen LogP contribution < -0.4 is 0 Å². The van der Waals surface area contributed by atoms with Crippen LogP contribution >= 0.6 is 0 Å². The molecule has 0 bridgehead atoms. The second-order valence-electron chi connectivity index (χ2n) is 6.15. The summed E-state index contributed by atoms with van der Waals surface area (Å²) in [6.07, 6.45) is -0.388. The lowest BCUT2D eigenvalue weighted by molar-refractivity contribution is -0.193. The van der Waals surface area contributed by atoms with Crippen molar-refractivity contribution in [1.29, 1.82) is 0 Å². The Morgan fingerprint density at radius 1 is 1.15 bits per heavy atom. The van der Waals surface area contributed by atoms with Crippen molar-refractivity contribution in [2.45, 2.75) is 58.7 Å². The number of esters is 1. The van der Waals surface area contributed by atoms with Crippen molar-refractivity contribution in [3.05, 3.63) is 0 Å². The number of carbonyl (C=O) groups is 4. The highest BCUT2D eigenvalue weighted by molar-refractivity contribution is 6.23. The fraction of sp³-hybridized carbons (Fsp3) is 0.714. The van der Waals surface area contributed by atoms with Crippen molar-refractivity contribution in [3.8, 4) is 0 Å². The summed E-state index contributed by atoms with van der Waals surface area (Å²) in [4.78, 5) is 48.0. The smallest absolute Gasteiger partial charge is 0.348 e. The van der Waals surface area contributed by atoms with Crippen LogP contribution in [0.1, 0.15) is 47.5 Å². The Morgan fingerprint density at radius 3 is 1.95 bits per heavy atom. The van der Waals surface area contributed by atoms with Crippen LogP contribution in [0, 0.1) is 5.41 Å². The number of rotatable bonds is 3. The van der Waals surface area contributed by atoms with Crippen molar-refractivity contribution in [1.82, 2.24) is 0 Å². The average molecular weight is 284 g/mol. The summed E-state index contributed by atoms with van der Waals surface area (Å²) in [6, 6.07) is 0. The van der Waals surface area contributed by atoms with Crippen molar-refractivity contribution < 1.29 is 29.0 Å². The first kappa shape index (κ1) is 16.5. The molecule has 1 aliphatic rings. The fourth-order valence-electron chi connectivity index (χ4n) is 2.65. The Kier molecular flexibility index (Phi) is 3.93. The Hall–Kier alpha value is -1.56. The minimum Gasteiger partial charge on any atom is -0.457 e. The first-order chi connectivity index (χ1) is 8.89. The highest BCUT2D eigenvalue weighted by Crippen LogP contribution is 2.47. The number of carbonyl (C=O) groups excluding carboxylic acids is 4. The molecule has 1 rings (SSSR count). The lowest BCUT2D eigenvalue weighted by Gasteiger charge is -2.36. The van der Waals surface area contributed by atoms with E-state index < -0.39 is 39.9 Å². The molecule has 1 fully saturated rings. The number of aliphatic hydroxyl groups is 1. The largest absolute Gasteiger partial charge is 0.457 e. The number of ketones is 3. The van der Waals surface area contributed by atoms with Gasteiger partial charge in [-0.1, -0.05) is 0 Å². The number of Topliss-reactive ketones (excluding diaryl/α,β-unsaturated/α-hetero) is 3. The first-order valence-corrected chi connectivity index (χ1v) is 6.41. The van der Waals surface area contributed by atoms with Crippen LogP contribution in [-0.2, 0) is 23.9 Å². The summed E-state index contributed by atoms with van der Waals surface area (Å²) < 4.78 is 5.04. The molecule has 0 saturated heterocycles. The van der Waals surface area contributed by atoms with Gasteiger partial charge in [0.1, 0.15) is 22.6 Å². The van der Waals surface area contributed by atoms with E-state index in [1.807, 2.05) is 0 Å². The summed E-state index contributed by atoms with van der Waals surface area (Å²) in [5.41, 5.74) is -5.71. The Labute approximate surface area is 117 Å². The second kappa shape index (κ2) is 4.77. The summed E-state index contributed by atoms with van der Waals surface area (Å²) in [6.45, 7) is 6.88. The molecule has 20 heavy (non-hydrogen) atoms. The molecule has 6 heteroatoms. The SMILES string of the molecule is CC(=O)C1(C(C)=O)CCC(=O)C1(O)C(=O)OC(C)(C)C. The maximum absolute atomic E-state index is 12.2. The predicted octanol–water partition coefficient (Wildman–Crippen LogP) is 0.586. The molecule has 0 heterocycles. The van der Waals surface area contributed by atoms with Gasteiger partial charge in [-0.05, 0) is 41.0 Å². The highest BCUT2D eigenvalue weighted by Gasteiger charge is 2.70. The van der Waals surface area contributed by atoms with E-state index in [0.29, 0.717) is 0 Å². The molecule has 1 N–H and O–H groups in total. The standard InChI is InChI=1S/C14H20O6/c1-8(15)13(9(2)16)7-6-10(17)14(13,19)11(18)20-12(3,4)5/h19H,6-7H2,1-5H3. The van der Waals surface area contributed by atoms with Gasteiger partial charge in [0.15, 0.2) is 5.78 Å². The lowest BCUT2D eigenvalue weighted by atomic mass is 9.68. The van der Waals surface area contributed by atoms with Gasteiger partial charge in [0.2, 0.25) is 5.60 Å². The molecule has 0 aromatic rings. The average Bonchev–Trinajstić information content (AvgIpc) is 2.51. The molecule has 1 saturated carbocycles. The molecule has 1 aliphatic carbocycles. The highest BCUT2D eigenvalue weighted by atomic mass is 16.6. The summed E-state index contributed by atoms with van der Waals surface area (Å²) in [5.74, 6) is -3.50. The Morgan fingerprint density at radius 2 is 1.60 bits per heavy atom. The van der Waals surface area contributed by atoms with Crippen LogP contribution in [-0.4, -0.2) is 39.6 Å². The van der Waals surface area contributed by atoms with Crippen molar-refractivity contribution >= 4 is 23.3 Å². The molecule has 1 unspecified atom stereocenters. The van der Waals surface area contributed by atoms with E-state index in [2.05, 4.69) is 0 Å². The van der Waals surface area contributed by atoms with Gasteiger partial charge in [-0.2, -0.15) is 0 Å². The van der Waals surface area contributed by atoms with Gasteiger partial charge in [-0.25, -0.2) is 4.79 Å². The normalized spacial score (nSPS) is 25.4. The van der Waals surface area contributed by atoms with Gasteiger partial charge in [-0.15, -0.1) is 0 Å². The van der Waals surface area contributed by atoms with Crippen LogP contribution in [0.3, 0.4) is 0 Å². The van der Waals surface area contributed by atoms with E-state index in [4.69, 9.17) is 4.74 Å². The van der Waals surface area contributed by atoms with Crippen molar-refractivity contribution in [2.75, 3.05) is 0 Å². The lowest BCUT2D eigenvalue weighted by Crippen LogP contribution is -2.62. The van der Waals surface area contributed by atoms with Crippen LogP contribution in [0.25, 0.3) is 0 Å². The van der Waals surface area contributed by atoms with Crippen LogP contribution in [0.15, 0.2) is 0 Å². The van der Waals surface area contributed by atoms with Crippen molar-refractivity contribution in [2.24, 2.45) is 5.41 Å². The fourth-order valence-corrected chi connectivity index (χ4v) is 2.65. The third kappa shape index (κ3) is 2.18. The van der Waals surface area contributed by atoms with E-state index in [0.717, 1.165) is 13.8 Å². The van der Waals surface area contributed by atoms with E-state index >= 15 is 0 Å². The summed E-state index contributed by atoms with van der Waals surface area (Å²) in [7, 11) is 0. The van der Waals surface area contributed by atoms with Crippen LogP contribution in [0.4, 0.5) is 0 Å². The minimum absolute atomic E-state index is 0.174. The van der Waals surface area contributed by atoms with Gasteiger partial charge in [-0.3, -0.25) is 14.4 Å². The molecule has 0 amide bonds. The zero-order valence-corrected chi connectivity index (χ0v) is 12.4. The Balaban J connectivity index is 3.41. The minimum atomic E-state index is -2.72. The van der Waals surface area contributed by atoms with Gasteiger partial charge < -0.3 is 9.84 Å². The molecule has 0 aromatic heterocycles. The maximum atomic E-state index is 12.2.